The molecule has 0 rings (SSSR count). The van der Waals surface area contributed by atoms with Gasteiger partial charge >= 0.3 is 9.17 Å². The van der Waals surface area contributed by atoms with Gasteiger partial charge in [-0.2, -0.15) is 0 Å². The Bertz CT molecular complexity index is 207. The van der Waals surface area contributed by atoms with E-state index in [1.807, 2.05) is 0 Å². The van der Waals surface area contributed by atoms with Crippen LogP contribution in [0, 0.1) is 0 Å². The molecule has 0 atom stereocenters. The second-order valence-electron chi connectivity index (χ2n) is 5.47. The standard InChI is InChI=1S/C10H26O3Si3/c1-7-9-15(3,4)12-14(11)13-16(5,6)10-8-2/h7-10H2,1-6H3. The van der Waals surface area contributed by atoms with Crippen molar-refractivity contribution in [1.82, 2.24) is 0 Å². The van der Waals surface area contributed by atoms with Crippen molar-refractivity contribution in [3.63, 3.8) is 0 Å². The van der Waals surface area contributed by atoms with Gasteiger partial charge in [0.15, 0.2) is 0 Å². The molecule has 6 heteroatoms. The second-order valence-corrected chi connectivity index (χ2v) is 15.6. The minimum Gasteiger partial charge on any atom is -0.552 e. The molecule has 0 aromatic carbocycles. The molecule has 0 radical (unpaired) electrons. The van der Waals surface area contributed by atoms with Crippen LogP contribution >= 0.6 is 0 Å². The lowest BCUT2D eigenvalue weighted by atomic mass is 10.6. The first-order valence-electron chi connectivity index (χ1n) is 6.14. The third-order valence-corrected chi connectivity index (χ3v) is 11.6. The van der Waals surface area contributed by atoms with Gasteiger partial charge in [0.25, 0.3) is 0 Å². The largest absolute Gasteiger partial charge is 0.736 e. The van der Waals surface area contributed by atoms with E-state index < -0.39 is 25.8 Å². The van der Waals surface area contributed by atoms with Crippen LogP contribution in [0.3, 0.4) is 0 Å². The Morgan fingerprint density at radius 2 is 1.19 bits per heavy atom. The Hall–Kier alpha value is 0.0506. The van der Waals surface area contributed by atoms with E-state index in [9.17, 15) is 4.46 Å². The van der Waals surface area contributed by atoms with Crippen molar-refractivity contribution in [2.75, 3.05) is 0 Å². The van der Waals surface area contributed by atoms with Gasteiger partial charge in [0.1, 0.15) is 0 Å². The monoisotopic (exact) mass is 278 g/mol. The van der Waals surface area contributed by atoms with Crippen molar-refractivity contribution >= 4 is 25.8 Å². The molecule has 0 saturated carbocycles. The van der Waals surface area contributed by atoms with Crippen LogP contribution in [0.4, 0.5) is 0 Å². The summed E-state index contributed by atoms with van der Waals surface area (Å²) in [6, 6.07) is 2.09. The second kappa shape index (κ2) is 6.71. The van der Waals surface area contributed by atoms with Gasteiger partial charge in [0.2, 0.25) is 16.6 Å². The summed E-state index contributed by atoms with van der Waals surface area (Å²) in [5.41, 5.74) is 0. The van der Waals surface area contributed by atoms with Crippen molar-refractivity contribution in [1.29, 1.82) is 0 Å². The van der Waals surface area contributed by atoms with Gasteiger partial charge in [0, 0.05) is 0 Å². The summed E-state index contributed by atoms with van der Waals surface area (Å²) in [5, 5.41) is 0. The van der Waals surface area contributed by atoms with Crippen LogP contribution in [0.15, 0.2) is 0 Å². The maximum atomic E-state index is 11.8. The Morgan fingerprint density at radius 3 is 1.44 bits per heavy atom. The lowest BCUT2D eigenvalue weighted by molar-refractivity contribution is 0.337. The number of rotatable bonds is 8. The lowest BCUT2D eigenvalue weighted by Crippen LogP contribution is -2.41. The summed E-state index contributed by atoms with van der Waals surface area (Å²) in [5.74, 6) is 0. The first kappa shape index (κ1) is 16.1. The van der Waals surface area contributed by atoms with Crippen LogP contribution in [-0.4, -0.2) is 25.8 Å². The maximum Gasteiger partial charge on any atom is 0.736 e. The highest BCUT2D eigenvalue weighted by molar-refractivity contribution is 6.79. The molecule has 0 aromatic rings. The maximum absolute atomic E-state index is 11.8. The van der Waals surface area contributed by atoms with E-state index in [0.717, 1.165) is 24.9 Å². The van der Waals surface area contributed by atoms with Gasteiger partial charge in [0.05, 0.1) is 0 Å². The molecule has 0 unspecified atom stereocenters. The van der Waals surface area contributed by atoms with Crippen molar-refractivity contribution < 1.29 is 12.7 Å². The van der Waals surface area contributed by atoms with E-state index in [4.69, 9.17) is 8.23 Å². The van der Waals surface area contributed by atoms with E-state index in [1.54, 1.807) is 0 Å². The van der Waals surface area contributed by atoms with Crippen LogP contribution in [0.2, 0.25) is 38.3 Å². The van der Waals surface area contributed by atoms with E-state index in [2.05, 4.69) is 40.0 Å². The number of hydrogen-bond donors (Lipinski definition) is 0. The molecule has 0 bridgehead atoms. The Balaban J connectivity index is 4.17. The van der Waals surface area contributed by atoms with Gasteiger partial charge in [-0.15, -0.1) is 0 Å². The minimum absolute atomic E-state index is 1.04. The summed E-state index contributed by atoms with van der Waals surface area (Å²) in [4.78, 5) is 0. The van der Waals surface area contributed by atoms with E-state index in [1.165, 1.54) is 0 Å². The third-order valence-electron chi connectivity index (χ3n) is 2.42. The van der Waals surface area contributed by atoms with E-state index in [-0.39, 0.29) is 0 Å². The number of hydrogen-bond acceptors (Lipinski definition) is 3. The molecule has 0 spiro atoms. The van der Waals surface area contributed by atoms with Crippen LogP contribution in [0.1, 0.15) is 26.7 Å². The zero-order valence-corrected chi connectivity index (χ0v) is 14.6. The highest BCUT2D eigenvalue weighted by atomic mass is 28.4. The molecule has 0 aliphatic carbocycles. The molecular formula is C10H26O3Si3. The molecule has 0 saturated heterocycles. The highest BCUT2D eigenvalue weighted by Crippen LogP contribution is 2.17. The van der Waals surface area contributed by atoms with Crippen molar-refractivity contribution in [3.05, 3.63) is 0 Å². The van der Waals surface area contributed by atoms with Gasteiger partial charge in [-0.3, -0.25) is 4.46 Å². The summed E-state index contributed by atoms with van der Waals surface area (Å²) in [6.07, 6.45) is 2.17. The van der Waals surface area contributed by atoms with Gasteiger partial charge in [-0.25, -0.2) is 0 Å². The summed E-state index contributed by atoms with van der Waals surface area (Å²) in [7, 11) is -5.79. The molecule has 0 heterocycles. The van der Waals surface area contributed by atoms with Crippen LogP contribution < -0.4 is 0 Å². The minimum atomic E-state index is -2.27. The van der Waals surface area contributed by atoms with E-state index in [0.29, 0.717) is 0 Å². The summed E-state index contributed by atoms with van der Waals surface area (Å²) in [6.45, 7) is 12.7. The third kappa shape index (κ3) is 7.34. The molecule has 3 nitrogen and oxygen atoms in total. The fourth-order valence-corrected chi connectivity index (χ4v) is 9.15. The average Bonchev–Trinajstić information content (AvgIpc) is 1.99. The molecule has 96 valence electrons. The molecule has 0 aliphatic rings. The first-order chi connectivity index (χ1) is 7.22. The highest BCUT2D eigenvalue weighted by Gasteiger charge is 2.33. The predicted molar refractivity (Wildman–Crippen MR) is 73.8 cm³/mol. The van der Waals surface area contributed by atoms with Crippen molar-refractivity contribution in [2.24, 2.45) is 0 Å². The molecule has 0 N–H and O–H groups in total. The van der Waals surface area contributed by atoms with Crippen molar-refractivity contribution in [2.45, 2.75) is 65.0 Å². The first-order valence-corrected chi connectivity index (χ1v) is 13.6. The normalized spacial score (nSPS) is 12.4. The molecule has 16 heavy (non-hydrogen) atoms. The van der Waals surface area contributed by atoms with Gasteiger partial charge < -0.3 is 8.23 Å². The van der Waals surface area contributed by atoms with Gasteiger partial charge in [-0.1, -0.05) is 26.7 Å². The Morgan fingerprint density at radius 1 is 0.875 bits per heavy atom. The molecule has 0 aromatic heterocycles. The Labute approximate surface area is 104 Å². The van der Waals surface area contributed by atoms with Crippen LogP contribution in [0.25, 0.3) is 0 Å². The molecule has 0 fully saturated rings. The van der Waals surface area contributed by atoms with Crippen molar-refractivity contribution in [3.8, 4) is 0 Å². The fourth-order valence-electron chi connectivity index (χ4n) is 1.78. The topological polar surface area (TPSA) is 35.5 Å². The van der Waals surface area contributed by atoms with E-state index >= 15 is 0 Å². The SMILES string of the molecule is CCC[Si](C)(C)O[Si](=O)O[Si](C)(C)CCC. The predicted octanol–water partition coefficient (Wildman–Crippen LogP) is 3.67. The van der Waals surface area contributed by atoms with Crippen LogP contribution in [0.5, 0.6) is 0 Å². The van der Waals surface area contributed by atoms with Gasteiger partial charge in [-0.05, 0) is 38.3 Å². The zero-order valence-electron chi connectivity index (χ0n) is 11.6. The fraction of sp³-hybridized carbons (Fsp3) is 1.00. The zero-order chi connectivity index (χ0) is 12.8. The summed E-state index contributed by atoms with van der Waals surface area (Å²) >= 11 is 0. The van der Waals surface area contributed by atoms with Crippen LogP contribution in [-0.2, 0) is 12.7 Å². The average molecular weight is 279 g/mol. The molecular weight excluding hydrogens is 252 g/mol. The quantitative estimate of drug-likeness (QED) is 0.636. The Kier molecular flexibility index (Phi) is 6.73. The molecule has 0 aliphatic heterocycles. The summed E-state index contributed by atoms with van der Waals surface area (Å²) < 4.78 is 23.2. The smallest absolute Gasteiger partial charge is 0.552 e. The lowest BCUT2D eigenvalue weighted by Gasteiger charge is -2.27. The molecule has 0 amide bonds.